The van der Waals surface area contributed by atoms with Gasteiger partial charge >= 0.3 is 0 Å². The molecule has 0 bridgehead atoms. The van der Waals surface area contributed by atoms with Crippen LogP contribution in [0.25, 0.3) is 0 Å². The molecule has 0 aromatic heterocycles. The molecule has 0 spiro atoms. The number of nitrogens with zero attached hydrogens (tertiary/aromatic N) is 5. The summed E-state index contributed by atoms with van der Waals surface area (Å²) in [6, 6.07) is -3.25. The molecule has 0 aromatic carbocycles. The number of aliphatic hydroxyl groups is 3. The molecular weight excluding hydrogens is 1020 g/mol. The second-order valence-corrected chi connectivity index (χ2v) is 25.1. The van der Waals surface area contributed by atoms with Gasteiger partial charge < -0.3 is 43.7 Å². The van der Waals surface area contributed by atoms with Crippen LogP contribution in [0, 0.1) is 88.6 Å². The molecule has 70 heavy (non-hydrogen) atoms. The lowest BCUT2D eigenvalue weighted by Gasteiger charge is -2.57. The smallest absolute Gasteiger partial charge is 0.187 e. The molecular formula is C50H80IN5O14. The van der Waals surface area contributed by atoms with Crippen LogP contribution in [0.1, 0.15) is 127 Å². The molecule has 19 nitrogen and oxygen atoms in total. The SMILES string of the molecule is CCC1=CCC2C(CCC3(C)C2CC2CC(C)(CC(C)CCOC4OC(CN=O)C(N=O)C(O)C4O)C(C)C23)C1(I)CCC(C)OC1OC(CN=O)C(O)C(N=O)C1OC1OC(C)C(C)C(N=O)C1C. The average Bonchev–Trinajstić information content (AvgIpc) is 3.75. The topological polar surface area (TPSA) is 263 Å². The van der Waals surface area contributed by atoms with Gasteiger partial charge in [0.2, 0.25) is 0 Å². The first-order chi connectivity index (χ1) is 33.2. The maximum atomic E-state index is 12.4. The fourth-order valence-electron chi connectivity index (χ4n) is 15.3. The third-order valence-electron chi connectivity index (χ3n) is 19.3. The second kappa shape index (κ2) is 22.9. The Morgan fingerprint density at radius 3 is 2.14 bits per heavy atom. The van der Waals surface area contributed by atoms with E-state index in [9.17, 15) is 39.9 Å². The highest BCUT2D eigenvalue weighted by atomic mass is 127. The van der Waals surface area contributed by atoms with Gasteiger partial charge in [-0.25, -0.2) is 0 Å². The van der Waals surface area contributed by atoms with Crippen molar-refractivity contribution in [3.63, 3.8) is 0 Å². The maximum absolute atomic E-state index is 12.4. The summed E-state index contributed by atoms with van der Waals surface area (Å²) in [5.74, 6) is 3.14. The highest BCUT2D eigenvalue weighted by Crippen LogP contribution is 2.73. The van der Waals surface area contributed by atoms with Crippen LogP contribution in [0.15, 0.2) is 37.5 Å². The van der Waals surface area contributed by atoms with Crippen LogP contribution >= 0.6 is 22.6 Å². The molecule has 26 atom stereocenters. The van der Waals surface area contributed by atoms with E-state index in [0.29, 0.717) is 47.8 Å². The molecule has 0 aromatic rings. The molecule has 26 unspecified atom stereocenters. The number of hydrogen-bond donors (Lipinski definition) is 3. The van der Waals surface area contributed by atoms with Crippen molar-refractivity contribution in [1.29, 1.82) is 0 Å². The van der Waals surface area contributed by atoms with Crippen LogP contribution in [-0.4, -0.2) is 124 Å². The van der Waals surface area contributed by atoms with Gasteiger partial charge in [-0.2, -0.15) is 24.5 Å². The van der Waals surface area contributed by atoms with Crippen molar-refractivity contribution >= 4 is 22.6 Å². The Morgan fingerprint density at radius 2 is 1.49 bits per heavy atom. The van der Waals surface area contributed by atoms with Crippen molar-refractivity contribution in [2.24, 2.45) is 90.0 Å². The Labute approximate surface area is 426 Å². The number of halogens is 1. The van der Waals surface area contributed by atoms with Gasteiger partial charge in [0.1, 0.15) is 61.8 Å². The van der Waals surface area contributed by atoms with Crippen molar-refractivity contribution < 1.29 is 43.7 Å². The number of rotatable bonds is 21. The van der Waals surface area contributed by atoms with Crippen LogP contribution in [0.3, 0.4) is 0 Å². The fraction of sp³-hybridized carbons (Fsp3) is 0.960. The van der Waals surface area contributed by atoms with Crippen molar-refractivity contribution in [3.05, 3.63) is 36.2 Å². The van der Waals surface area contributed by atoms with Crippen LogP contribution in [0.5, 0.6) is 0 Å². The van der Waals surface area contributed by atoms with E-state index in [1.54, 1.807) is 6.92 Å². The van der Waals surface area contributed by atoms with E-state index in [1.807, 2.05) is 20.8 Å². The van der Waals surface area contributed by atoms with Gasteiger partial charge in [0.15, 0.2) is 24.9 Å². The quantitative estimate of drug-likeness (QED) is 0.0420. The molecule has 7 rings (SSSR count). The third kappa shape index (κ3) is 10.5. The molecule has 0 amide bonds. The van der Waals surface area contributed by atoms with Crippen LogP contribution < -0.4 is 0 Å². The van der Waals surface area contributed by atoms with Crippen molar-refractivity contribution in [3.8, 4) is 0 Å². The summed E-state index contributed by atoms with van der Waals surface area (Å²) in [7, 11) is 0. The Morgan fingerprint density at radius 1 is 0.814 bits per heavy atom. The molecule has 3 N–H and O–H groups in total. The molecule has 6 fully saturated rings. The minimum absolute atomic E-state index is 0.0920. The standard InChI is InChI=1S/C50H80IN5O14/c1-10-31-11-12-32-33(50(31,51)17-13-25(3)66-47-44(40(56-64)41(57)36(69-47)23-53-61)70-45-27(5)38(54-62)26(4)29(7)67-45)14-16-49(9)34(32)19-30-21-48(8,28(6)37(30)49)20-24(2)15-18-65-46-43(59)42(58)39(55-63)35(68-46)22-52-60/h11,24-30,32-47,57-59H,10,12-23H2,1-9H3. The Hall–Kier alpha value is -1.89. The predicted octanol–water partition coefficient (Wildman–Crippen LogP) is 8.72. The molecule has 0 radical (unpaired) electrons. The first-order valence-electron chi connectivity index (χ1n) is 26.1. The lowest BCUT2D eigenvalue weighted by atomic mass is 9.51. The van der Waals surface area contributed by atoms with Crippen molar-refractivity contribution in [2.45, 2.75) is 216 Å². The van der Waals surface area contributed by atoms with Gasteiger partial charge in [-0.1, -0.05) is 109 Å². The van der Waals surface area contributed by atoms with Gasteiger partial charge in [0.05, 0.1) is 18.8 Å². The van der Waals surface area contributed by atoms with E-state index in [0.717, 1.165) is 38.5 Å². The number of ether oxygens (including phenoxy) is 6. The molecule has 3 saturated carbocycles. The summed E-state index contributed by atoms with van der Waals surface area (Å²) in [5.41, 5.74) is 1.85. The van der Waals surface area contributed by atoms with E-state index >= 15 is 0 Å². The Bertz CT molecular complexity index is 1870. The second-order valence-electron chi connectivity index (χ2n) is 23.2. The van der Waals surface area contributed by atoms with Crippen LogP contribution in [0.4, 0.5) is 0 Å². The highest BCUT2D eigenvalue weighted by molar-refractivity contribution is 14.1. The summed E-state index contributed by atoms with van der Waals surface area (Å²) in [6.45, 7) is 19.1. The third-order valence-corrected chi connectivity index (χ3v) is 21.3. The Kier molecular flexibility index (Phi) is 18.3. The average molecular weight is 1100 g/mol. The number of fused-ring (bicyclic) bond motifs is 5. The molecule has 7 aliphatic rings. The summed E-state index contributed by atoms with van der Waals surface area (Å²) < 4.78 is 36.9. The number of aliphatic hydroxyl groups excluding tert-OH is 3. The summed E-state index contributed by atoms with van der Waals surface area (Å²) >= 11 is 2.77. The van der Waals surface area contributed by atoms with Gasteiger partial charge in [0.25, 0.3) is 0 Å². The maximum Gasteiger partial charge on any atom is 0.187 e. The van der Waals surface area contributed by atoms with Gasteiger partial charge in [0, 0.05) is 15.3 Å². The van der Waals surface area contributed by atoms with E-state index in [2.05, 4.69) is 89.2 Å². The molecule has 3 saturated heterocycles. The van der Waals surface area contributed by atoms with E-state index in [4.69, 9.17) is 28.4 Å². The predicted molar refractivity (Wildman–Crippen MR) is 268 cm³/mol. The number of allylic oxidation sites excluding steroid dienone is 2. The van der Waals surface area contributed by atoms with Gasteiger partial charge in [-0.15, -0.1) is 0 Å². The summed E-state index contributed by atoms with van der Waals surface area (Å²) in [6.07, 6.45) is 0.705. The van der Waals surface area contributed by atoms with E-state index < -0.39 is 86.1 Å². The van der Waals surface area contributed by atoms with E-state index in [-0.39, 0.29) is 45.5 Å². The molecule has 20 heteroatoms. The zero-order valence-electron chi connectivity index (χ0n) is 42.5. The largest absolute Gasteiger partial charge is 0.388 e. The monoisotopic (exact) mass is 1100 g/mol. The number of alkyl halides is 1. The number of hydrogen-bond acceptors (Lipinski definition) is 19. The molecule has 3 heterocycles. The van der Waals surface area contributed by atoms with E-state index in [1.165, 1.54) is 24.8 Å². The number of nitroso groups, excluding NO2 is 5. The highest BCUT2D eigenvalue weighted by Gasteiger charge is 2.66. The molecule has 396 valence electrons. The summed E-state index contributed by atoms with van der Waals surface area (Å²) in [4.78, 5) is 58.0. The zero-order valence-corrected chi connectivity index (χ0v) is 44.7. The van der Waals surface area contributed by atoms with Crippen molar-refractivity contribution in [2.75, 3.05) is 19.7 Å². The first kappa shape index (κ1) is 55.9. The first-order valence-corrected chi connectivity index (χ1v) is 27.2. The summed E-state index contributed by atoms with van der Waals surface area (Å²) in [5, 5.41) is 47.5. The minimum atomic E-state index is -1.51. The van der Waals surface area contributed by atoms with Gasteiger partial charge in [-0.3, -0.25) is 0 Å². The molecule has 4 aliphatic carbocycles. The molecule has 3 aliphatic heterocycles. The van der Waals surface area contributed by atoms with Crippen LogP contribution in [-0.2, 0) is 28.4 Å². The lowest BCUT2D eigenvalue weighted by Crippen LogP contribution is -2.61. The fourth-order valence-corrected chi connectivity index (χ4v) is 17.0. The minimum Gasteiger partial charge on any atom is -0.388 e. The lowest BCUT2D eigenvalue weighted by molar-refractivity contribution is -0.334. The van der Waals surface area contributed by atoms with Gasteiger partial charge in [-0.05, 0) is 130 Å². The normalized spacial score (nSPS) is 48.8. The van der Waals surface area contributed by atoms with Crippen LogP contribution in [0.2, 0.25) is 0 Å². The van der Waals surface area contributed by atoms with Crippen molar-refractivity contribution in [1.82, 2.24) is 0 Å². The Balaban J connectivity index is 0.984. The zero-order chi connectivity index (χ0) is 51.0.